The first-order valence-electron chi connectivity index (χ1n) is 8.99. The highest BCUT2D eigenvalue weighted by molar-refractivity contribution is 7.89. The molecule has 7 heteroatoms. The van der Waals surface area contributed by atoms with Crippen LogP contribution < -0.4 is 0 Å². The third kappa shape index (κ3) is 5.03. The molecule has 6 nitrogen and oxygen atoms in total. The number of carbonyl (C=O) groups is 1. The van der Waals surface area contributed by atoms with Crippen molar-refractivity contribution in [1.82, 2.24) is 14.1 Å². The lowest BCUT2D eigenvalue weighted by atomic mass is 10.1. The molecule has 1 aliphatic heterocycles. The van der Waals surface area contributed by atoms with Gasteiger partial charge in [-0.05, 0) is 38.5 Å². The molecular weight excluding hydrogens is 338 g/mol. The van der Waals surface area contributed by atoms with Crippen LogP contribution in [0.1, 0.15) is 36.7 Å². The van der Waals surface area contributed by atoms with Gasteiger partial charge in [-0.15, -0.1) is 0 Å². The predicted molar refractivity (Wildman–Crippen MR) is 100 cm³/mol. The maximum absolute atomic E-state index is 12.3. The zero-order valence-corrected chi connectivity index (χ0v) is 16.3. The molecule has 0 aliphatic carbocycles. The highest BCUT2D eigenvalue weighted by atomic mass is 32.2. The molecule has 0 atom stereocenters. The summed E-state index contributed by atoms with van der Waals surface area (Å²) in [6, 6.07) is 7.75. The molecule has 0 spiro atoms. The van der Waals surface area contributed by atoms with E-state index in [1.807, 2.05) is 43.0 Å². The Morgan fingerprint density at radius 3 is 2.04 bits per heavy atom. The van der Waals surface area contributed by atoms with Crippen molar-refractivity contribution in [3.05, 3.63) is 35.4 Å². The van der Waals surface area contributed by atoms with E-state index in [-0.39, 0.29) is 11.7 Å². The topological polar surface area (TPSA) is 60.9 Å². The van der Waals surface area contributed by atoms with Gasteiger partial charge in [0.2, 0.25) is 10.0 Å². The van der Waals surface area contributed by atoms with Gasteiger partial charge in [0.05, 0.1) is 5.75 Å². The van der Waals surface area contributed by atoms with Crippen molar-refractivity contribution in [2.75, 3.05) is 45.0 Å². The Morgan fingerprint density at radius 1 is 1.00 bits per heavy atom. The first-order chi connectivity index (χ1) is 11.9. The van der Waals surface area contributed by atoms with Crippen molar-refractivity contribution in [2.24, 2.45) is 0 Å². The minimum Gasteiger partial charge on any atom is -0.339 e. The molecule has 1 saturated heterocycles. The number of hydrogen-bond donors (Lipinski definition) is 0. The van der Waals surface area contributed by atoms with Crippen molar-refractivity contribution in [1.29, 1.82) is 0 Å². The summed E-state index contributed by atoms with van der Waals surface area (Å²) in [4.78, 5) is 16.4. The van der Waals surface area contributed by atoms with E-state index in [9.17, 15) is 13.2 Å². The van der Waals surface area contributed by atoms with Crippen LogP contribution in [0.15, 0.2) is 24.3 Å². The molecule has 0 N–H and O–H groups in total. The second kappa shape index (κ2) is 8.78. The van der Waals surface area contributed by atoms with Crippen molar-refractivity contribution >= 4 is 15.9 Å². The molecule has 2 rings (SSSR count). The second-order valence-electron chi connectivity index (χ2n) is 6.25. The van der Waals surface area contributed by atoms with E-state index in [2.05, 4.69) is 4.90 Å². The van der Waals surface area contributed by atoms with Crippen molar-refractivity contribution in [3.63, 3.8) is 0 Å². The lowest BCUT2D eigenvalue weighted by Crippen LogP contribution is -2.48. The normalized spacial score (nSPS) is 16.8. The van der Waals surface area contributed by atoms with Gasteiger partial charge in [0.15, 0.2) is 0 Å². The molecular formula is C18H29N3O3S. The lowest BCUT2D eigenvalue weighted by Gasteiger charge is -2.33. The van der Waals surface area contributed by atoms with E-state index in [1.165, 1.54) is 0 Å². The van der Waals surface area contributed by atoms with Gasteiger partial charge in [-0.3, -0.25) is 9.69 Å². The summed E-state index contributed by atoms with van der Waals surface area (Å²) in [5, 5.41) is 0. The first kappa shape index (κ1) is 19.9. The molecule has 1 aromatic carbocycles. The Bertz CT molecular complexity index is 661. The molecule has 0 radical (unpaired) electrons. The largest absolute Gasteiger partial charge is 0.339 e. The van der Waals surface area contributed by atoms with E-state index in [4.69, 9.17) is 0 Å². The molecule has 1 heterocycles. The molecule has 0 unspecified atom stereocenters. The number of sulfonamides is 1. The Balaban J connectivity index is 1.91. The number of piperazine rings is 1. The van der Waals surface area contributed by atoms with E-state index in [0.717, 1.165) is 25.2 Å². The first-order valence-corrected chi connectivity index (χ1v) is 10.6. The van der Waals surface area contributed by atoms with Gasteiger partial charge in [-0.2, -0.15) is 4.31 Å². The molecule has 1 amide bonds. The van der Waals surface area contributed by atoms with Crippen molar-refractivity contribution < 1.29 is 13.2 Å². The van der Waals surface area contributed by atoms with Crippen LogP contribution in [0, 0.1) is 0 Å². The van der Waals surface area contributed by atoms with Crippen LogP contribution in [0.5, 0.6) is 0 Å². The average molecular weight is 368 g/mol. The molecule has 25 heavy (non-hydrogen) atoms. The molecule has 0 saturated carbocycles. The Hall–Kier alpha value is -1.44. The van der Waals surface area contributed by atoms with Crippen LogP contribution in [0.4, 0.5) is 0 Å². The molecule has 0 aromatic heterocycles. The maximum atomic E-state index is 12.3. The fourth-order valence-electron chi connectivity index (χ4n) is 3.05. The average Bonchev–Trinajstić information content (AvgIpc) is 2.63. The molecule has 0 bridgehead atoms. The number of hydrogen-bond acceptors (Lipinski definition) is 4. The van der Waals surface area contributed by atoms with Gasteiger partial charge in [-0.1, -0.05) is 12.1 Å². The van der Waals surface area contributed by atoms with Gasteiger partial charge in [0, 0.05) is 51.4 Å². The van der Waals surface area contributed by atoms with E-state index >= 15 is 0 Å². The van der Waals surface area contributed by atoms with Crippen LogP contribution in [-0.2, 0) is 16.6 Å². The summed E-state index contributed by atoms with van der Waals surface area (Å²) in [5.74, 6) is 0.226. The highest BCUT2D eigenvalue weighted by Gasteiger charge is 2.25. The maximum Gasteiger partial charge on any atom is 0.253 e. The van der Waals surface area contributed by atoms with Crippen LogP contribution in [-0.4, -0.2) is 73.5 Å². The SMILES string of the molecule is CCN(CC)C(=O)c1ccc(CN2CCN(S(=O)(=O)CC)CC2)cc1. The van der Waals surface area contributed by atoms with Crippen LogP contribution in [0.2, 0.25) is 0 Å². The number of benzene rings is 1. The summed E-state index contributed by atoms with van der Waals surface area (Å²) in [6.45, 7) is 10.4. The van der Waals surface area contributed by atoms with E-state index in [1.54, 1.807) is 11.2 Å². The zero-order chi connectivity index (χ0) is 18.4. The summed E-state index contributed by atoms with van der Waals surface area (Å²) < 4.78 is 25.4. The fraction of sp³-hybridized carbons (Fsp3) is 0.611. The van der Waals surface area contributed by atoms with Crippen LogP contribution >= 0.6 is 0 Å². The third-order valence-corrected chi connectivity index (χ3v) is 6.63. The van der Waals surface area contributed by atoms with Crippen LogP contribution in [0.25, 0.3) is 0 Å². The fourth-order valence-corrected chi connectivity index (χ4v) is 4.14. The standard InChI is InChI=1S/C18H29N3O3S/c1-4-20(5-2)18(22)17-9-7-16(8-10-17)15-19-11-13-21(14-12-19)25(23,24)6-3/h7-10H,4-6,11-15H2,1-3H3. The molecule has 1 fully saturated rings. The van der Waals surface area contributed by atoms with E-state index in [0.29, 0.717) is 31.7 Å². The Labute approximate surface area is 151 Å². The number of amides is 1. The Morgan fingerprint density at radius 2 is 1.56 bits per heavy atom. The van der Waals surface area contributed by atoms with E-state index < -0.39 is 10.0 Å². The minimum atomic E-state index is -3.08. The molecule has 1 aromatic rings. The second-order valence-corrected chi connectivity index (χ2v) is 8.51. The smallest absolute Gasteiger partial charge is 0.253 e. The summed E-state index contributed by atoms with van der Waals surface area (Å²) in [7, 11) is -3.08. The highest BCUT2D eigenvalue weighted by Crippen LogP contribution is 2.13. The zero-order valence-electron chi connectivity index (χ0n) is 15.4. The minimum absolute atomic E-state index is 0.0648. The monoisotopic (exact) mass is 367 g/mol. The Kier molecular flexibility index (Phi) is 6.98. The van der Waals surface area contributed by atoms with Gasteiger partial charge in [-0.25, -0.2) is 8.42 Å². The third-order valence-electron chi connectivity index (χ3n) is 4.75. The van der Waals surface area contributed by atoms with Crippen molar-refractivity contribution in [2.45, 2.75) is 27.3 Å². The summed E-state index contributed by atoms with van der Waals surface area (Å²) in [6.07, 6.45) is 0. The van der Waals surface area contributed by atoms with Gasteiger partial charge in [0.1, 0.15) is 0 Å². The number of rotatable bonds is 7. The summed E-state index contributed by atoms with van der Waals surface area (Å²) in [5.41, 5.74) is 1.86. The summed E-state index contributed by atoms with van der Waals surface area (Å²) >= 11 is 0. The quantitative estimate of drug-likeness (QED) is 0.735. The van der Waals surface area contributed by atoms with Gasteiger partial charge in [0.25, 0.3) is 5.91 Å². The van der Waals surface area contributed by atoms with Gasteiger partial charge >= 0.3 is 0 Å². The number of carbonyl (C=O) groups excluding carboxylic acids is 1. The van der Waals surface area contributed by atoms with Crippen LogP contribution in [0.3, 0.4) is 0 Å². The molecule has 140 valence electrons. The predicted octanol–water partition coefficient (Wildman–Crippen LogP) is 1.64. The van der Waals surface area contributed by atoms with Gasteiger partial charge < -0.3 is 4.90 Å². The lowest BCUT2D eigenvalue weighted by molar-refractivity contribution is 0.0773. The molecule has 1 aliphatic rings. The number of nitrogens with zero attached hydrogens (tertiary/aromatic N) is 3. The van der Waals surface area contributed by atoms with Crippen molar-refractivity contribution in [3.8, 4) is 0 Å².